The summed E-state index contributed by atoms with van der Waals surface area (Å²) in [7, 11) is 0. The van der Waals surface area contributed by atoms with Gasteiger partial charge in [0, 0.05) is 26.2 Å². The summed E-state index contributed by atoms with van der Waals surface area (Å²) in [4.78, 5) is 2.46. The van der Waals surface area contributed by atoms with E-state index in [0.29, 0.717) is 5.41 Å². The molecule has 0 bridgehead atoms. The van der Waals surface area contributed by atoms with Gasteiger partial charge < -0.3 is 5.32 Å². The second-order valence-electron chi connectivity index (χ2n) is 5.26. The highest BCUT2D eigenvalue weighted by Crippen LogP contribution is 2.38. The van der Waals surface area contributed by atoms with Gasteiger partial charge in [-0.2, -0.15) is 0 Å². The fourth-order valence-electron chi connectivity index (χ4n) is 2.95. The van der Waals surface area contributed by atoms with Gasteiger partial charge in [0.25, 0.3) is 0 Å². The standard InChI is InChI=1S/C15H28N2/c1-4-11-17(12-5-2)14-15(13-16-6-3)9-7-8-10-15/h4-5,16H,1-2,6-14H2,3H3. The Balaban J connectivity index is 2.56. The molecule has 1 rings (SSSR count). The Morgan fingerprint density at radius 1 is 1.18 bits per heavy atom. The largest absolute Gasteiger partial charge is 0.316 e. The maximum Gasteiger partial charge on any atom is 0.0164 e. The van der Waals surface area contributed by atoms with Crippen LogP contribution >= 0.6 is 0 Å². The molecule has 2 nitrogen and oxygen atoms in total. The molecular formula is C15H28N2. The molecule has 0 aromatic rings. The molecule has 0 radical (unpaired) electrons. The molecule has 1 N–H and O–H groups in total. The Bertz CT molecular complexity index is 219. The fraction of sp³-hybridized carbons (Fsp3) is 0.733. The summed E-state index contributed by atoms with van der Waals surface area (Å²) in [5, 5.41) is 3.54. The number of rotatable bonds is 9. The summed E-state index contributed by atoms with van der Waals surface area (Å²) >= 11 is 0. The van der Waals surface area contributed by atoms with Crippen molar-refractivity contribution in [3.63, 3.8) is 0 Å². The average Bonchev–Trinajstić information content (AvgIpc) is 2.76. The van der Waals surface area contributed by atoms with Gasteiger partial charge >= 0.3 is 0 Å². The minimum Gasteiger partial charge on any atom is -0.316 e. The molecule has 0 atom stereocenters. The molecule has 0 aromatic heterocycles. The third-order valence-corrected chi connectivity index (χ3v) is 3.75. The Hall–Kier alpha value is -0.600. The van der Waals surface area contributed by atoms with Gasteiger partial charge in [-0.1, -0.05) is 31.9 Å². The average molecular weight is 236 g/mol. The molecule has 17 heavy (non-hydrogen) atoms. The van der Waals surface area contributed by atoms with Gasteiger partial charge in [0.2, 0.25) is 0 Å². The highest BCUT2D eigenvalue weighted by atomic mass is 15.1. The zero-order valence-electron chi connectivity index (χ0n) is 11.4. The highest BCUT2D eigenvalue weighted by molar-refractivity contribution is 4.92. The van der Waals surface area contributed by atoms with Crippen molar-refractivity contribution in [1.29, 1.82) is 0 Å². The van der Waals surface area contributed by atoms with Crippen LogP contribution in [0.2, 0.25) is 0 Å². The van der Waals surface area contributed by atoms with Crippen LogP contribution in [0, 0.1) is 5.41 Å². The summed E-state index contributed by atoms with van der Waals surface area (Å²) in [6, 6.07) is 0. The molecule has 0 aromatic carbocycles. The van der Waals surface area contributed by atoms with Crippen molar-refractivity contribution in [1.82, 2.24) is 10.2 Å². The minimum atomic E-state index is 0.488. The van der Waals surface area contributed by atoms with Crippen molar-refractivity contribution in [2.45, 2.75) is 32.6 Å². The van der Waals surface area contributed by atoms with E-state index in [1.165, 1.54) is 32.2 Å². The summed E-state index contributed by atoms with van der Waals surface area (Å²) in [5.41, 5.74) is 0.488. The van der Waals surface area contributed by atoms with Crippen LogP contribution in [0.1, 0.15) is 32.6 Å². The maximum absolute atomic E-state index is 3.85. The molecule has 0 amide bonds. The van der Waals surface area contributed by atoms with Crippen LogP contribution in [-0.4, -0.2) is 37.6 Å². The maximum atomic E-state index is 3.85. The Morgan fingerprint density at radius 2 is 1.76 bits per heavy atom. The monoisotopic (exact) mass is 236 g/mol. The highest BCUT2D eigenvalue weighted by Gasteiger charge is 2.34. The molecule has 2 heteroatoms. The third kappa shape index (κ3) is 4.64. The predicted octanol–water partition coefficient (Wildman–Crippen LogP) is 2.83. The van der Waals surface area contributed by atoms with Gasteiger partial charge in [-0.3, -0.25) is 4.90 Å². The van der Waals surface area contributed by atoms with Crippen LogP contribution in [0.5, 0.6) is 0 Å². The number of nitrogens with zero attached hydrogens (tertiary/aromatic N) is 1. The van der Waals surface area contributed by atoms with Crippen LogP contribution < -0.4 is 5.32 Å². The van der Waals surface area contributed by atoms with Crippen molar-refractivity contribution in [3.05, 3.63) is 25.3 Å². The lowest BCUT2D eigenvalue weighted by molar-refractivity contribution is 0.171. The molecule has 1 aliphatic carbocycles. The zero-order chi connectivity index (χ0) is 12.6. The van der Waals surface area contributed by atoms with E-state index in [0.717, 1.165) is 26.2 Å². The van der Waals surface area contributed by atoms with E-state index in [2.05, 4.69) is 30.3 Å². The Labute approximate surface area is 107 Å². The van der Waals surface area contributed by atoms with Crippen LogP contribution in [-0.2, 0) is 0 Å². The van der Waals surface area contributed by atoms with E-state index in [9.17, 15) is 0 Å². The van der Waals surface area contributed by atoms with Gasteiger partial charge in [-0.25, -0.2) is 0 Å². The SMILES string of the molecule is C=CCN(CC=C)CC1(CNCC)CCCC1. The van der Waals surface area contributed by atoms with E-state index < -0.39 is 0 Å². The second kappa shape index (κ2) is 7.67. The van der Waals surface area contributed by atoms with Crippen molar-refractivity contribution in [3.8, 4) is 0 Å². The molecule has 0 spiro atoms. The minimum absolute atomic E-state index is 0.488. The first-order valence-electron chi connectivity index (χ1n) is 6.91. The summed E-state index contributed by atoms with van der Waals surface area (Å²) in [6.45, 7) is 15.2. The van der Waals surface area contributed by atoms with Crippen LogP contribution in [0.3, 0.4) is 0 Å². The lowest BCUT2D eigenvalue weighted by atomic mass is 9.85. The van der Waals surface area contributed by atoms with Crippen molar-refractivity contribution in [2.75, 3.05) is 32.7 Å². The van der Waals surface area contributed by atoms with Gasteiger partial charge in [-0.05, 0) is 24.8 Å². The number of hydrogen-bond acceptors (Lipinski definition) is 2. The van der Waals surface area contributed by atoms with E-state index in [1.54, 1.807) is 0 Å². The molecule has 1 fully saturated rings. The van der Waals surface area contributed by atoms with Gasteiger partial charge in [0.1, 0.15) is 0 Å². The molecule has 1 saturated carbocycles. The lowest BCUT2D eigenvalue weighted by Crippen LogP contribution is -2.42. The Kier molecular flexibility index (Phi) is 6.53. The smallest absolute Gasteiger partial charge is 0.0164 e. The van der Waals surface area contributed by atoms with E-state index >= 15 is 0 Å². The quantitative estimate of drug-likeness (QED) is 0.619. The normalized spacial score (nSPS) is 18.5. The molecular weight excluding hydrogens is 208 g/mol. The summed E-state index contributed by atoms with van der Waals surface area (Å²) < 4.78 is 0. The molecule has 0 unspecified atom stereocenters. The first-order valence-corrected chi connectivity index (χ1v) is 6.91. The van der Waals surface area contributed by atoms with E-state index in [-0.39, 0.29) is 0 Å². The first-order chi connectivity index (χ1) is 8.26. The van der Waals surface area contributed by atoms with E-state index in [4.69, 9.17) is 0 Å². The van der Waals surface area contributed by atoms with Gasteiger partial charge in [0.05, 0.1) is 0 Å². The van der Waals surface area contributed by atoms with Gasteiger partial charge in [-0.15, -0.1) is 13.2 Å². The topological polar surface area (TPSA) is 15.3 Å². The Morgan fingerprint density at radius 3 is 2.24 bits per heavy atom. The number of hydrogen-bond donors (Lipinski definition) is 1. The second-order valence-corrected chi connectivity index (χ2v) is 5.26. The van der Waals surface area contributed by atoms with Crippen LogP contribution in [0.15, 0.2) is 25.3 Å². The van der Waals surface area contributed by atoms with E-state index in [1.807, 2.05) is 12.2 Å². The molecule has 0 heterocycles. The van der Waals surface area contributed by atoms with Crippen molar-refractivity contribution >= 4 is 0 Å². The van der Waals surface area contributed by atoms with Crippen LogP contribution in [0.25, 0.3) is 0 Å². The molecule has 0 saturated heterocycles. The lowest BCUT2D eigenvalue weighted by Gasteiger charge is -2.35. The van der Waals surface area contributed by atoms with Gasteiger partial charge in [0.15, 0.2) is 0 Å². The van der Waals surface area contributed by atoms with Crippen molar-refractivity contribution < 1.29 is 0 Å². The molecule has 1 aliphatic rings. The summed E-state index contributed by atoms with van der Waals surface area (Å²) in [6.07, 6.45) is 9.51. The van der Waals surface area contributed by atoms with Crippen molar-refractivity contribution in [2.24, 2.45) is 5.41 Å². The summed E-state index contributed by atoms with van der Waals surface area (Å²) in [5.74, 6) is 0. The van der Waals surface area contributed by atoms with Crippen LogP contribution in [0.4, 0.5) is 0 Å². The zero-order valence-corrected chi connectivity index (χ0v) is 11.4. The first kappa shape index (κ1) is 14.5. The fourth-order valence-corrected chi connectivity index (χ4v) is 2.95. The predicted molar refractivity (Wildman–Crippen MR) is 76.3 cm³/mol. The third-order valence-electron chi connectivity index (χ3n) is 3.75. The number of nitrogens with one attached hydrogen (secondary N) is 1. The molecule has 0 aliphatic heterocycles. The molecule has 98 valence electrons.